The van der Waals surface area contributed by atoms with Crippen LogP contribution in [0.15, 0.2) is 83.8 Å². The lowest BCUT2D eigenvalue weighted by Gasteiger charge is -2.15. The Hall–Kier alpha value is -5.38. The molecular formula is C38H34ClF2N5O4S. The number of carbonyl (C=O) groups excluding carboxylic acids is 2. The van der Waals surface area contributed by atoms with Crippen molar-refractivity contribution in [2.75, 3.05) is 5.32 Å². The summed E-state index contributed by atoms with van der Waals surface area (Å²) >= 11 is 6.51. The Balaban J connectivity index is 1.54. The highest BCUT2D eigenvalue weighted by Gasteiger charge is 2.26. The lowest BCUT2D eigenvalue weighted by molar-refractivity contribution is -0.114. The van der Waals surface area contributed by atoms with Crippen molar-refractivity contribution < 1.29 is 26.8 Å². The molecule has 0 aliphatic rings. The number of carbonyl (C=O) groups is 2. The standard InChI is InChI=1S/C38H34ClF2N5O4S/c1-4-8-24-12-17-37(51(49,50)45-38(48)28-10-6-7-11-32(28)40)29(18-24)25-13-14-26(33(41)20-25)19-30-34(9-5-2)44-46(36(30)22-42)35-21-27(43-23(3)47)15-16-31(35)39/h6-7,10-18,20-21H,4-5,8-9,19H2,1-3H3,(H,43,47)(H,45,48). The van der Waals surface area contributed by atoms with Crippen molar-refractivity contribution in [1.29, 1.82) is 5.26 Å². The molecule has 0 spiro atoms. The van der Waals surface area contributed by atoms with Crippen LogP contribution in [-0.2, 0) is 34.1 Å². The Morgan fingerprint density at radius 2 is 1.69 bits per heavy atom. The number of nitriles is 1. The number of aromatic nitrogens is 2. The van der Waals surface area contributed by atoms with Crippen LogP contribution in [0.2, 0.25) is 5.02 Å². The first-order valence-electron chi connectivity index (χ1n) is 16.2. The molecular weight excluding hydrogens is 696 g/mol. The Labute approximate surface area is 299 Å². The first-order valence-corrected chi connectivity index (χ1v) is 18.0. The second-order valence-electron chi connectivity index (χ2n) is 11.9. The number of aryl methyl sites for hydroxylation is 2. The molecule has 0 saturated carbocycles. The van der Waals surface area contributed by atoms with Gasteiger partial charge in [0.15, 0.2) is 0 Å². The molecule has 5 aromatic rings. The molecule has 1 heterocycles. The maximum absolute atomic E-state index is 16.1. The topological polar surface area (TPSA) is 134 Å². The summed E-state index contributed by atoms with van der Waals surface area (Å²) in [4.78, 5) is 24.2. The predicted molar refractivity (Wildman–Crippen MR) is 191 cm³/mol. The monoisotopic (exact) mass is 729 g/mol. The van der Waals surface area contributed by atoms with E-state index < -0.39 is 33.1 Å². The van der Waals surface area contributed by atoms with Crippen LogP contribution in [0, 0.1) is 23.0 Å². The van der Waals surface area contributed by atoms with Gasteiger partial charge in [0.1, 0.15) is 23.4 Å². The van der Waals surface area contributed by atoms with Crippen LogP contribution in [0.1, 0.15) is 72.0 Å². The summed E-state index contributed by atoms with van der Waals surface area (Å²) in [7, 11) is -4.53. The molecule has 0 bridgehead atoms. The van der Waals surface area contributed by atoms with Crippen molar-refractivity contribution in [3.8, 4) is 22.9 Å². The third-order valence-electron chi connectivity index (χ3n) is 8.10. The zero-order valence-electron chi connectivity index (χ0n) is 28.1. The quantitative estimate of drug-likeness (QED) is 0.134. The van der Waals surface area contributed by atoms with Crippen LogP contribution in [0.4, 0.5) is 14.5 Å². The molecule has 262 valence electrons. The fourth-order valence-corrected chi connectivity index (χ4v) is 7.15. The molecule has 0 unspecified atom stereocenters. The molecule has 2 amide bonds. The first-order chi connectivity index (χ1) is 24.4. The van der Waals surface area contributed by atoms with Crippen LogP contribution in [0.5, 0.6) is 0 Å². The van der Waals surface area contributed by atoms with E-state index in [1.54, 1.807) is 36.4 Å². The molecule has 9 nitrogen and oxygen atoms in total. The SMILES string of the molecule is CCCc1ccc(S(=O)(=O)NC(=O)c2ccccc2F)c(-c2ccc(Cc3c(CCC)nn(-c4cc(NC(C)=O)ccc4Cl)c3C#N)c(F)c2)c1. The molecule has 5 rings (SSSR count). The van der Waals surface area contributed by atoms with E-state index in [0.717, 1.165) is 18.1 Å². The molecule has 4 aromatic carbocycles. The molecule has 0 saturated heterocycles. The first kappa shape index (κ1) is 36.9. The van der Waals surface area contributed by atoms with E-state index in [9.17, 15) is 27.7 Å². The molecule has 0 fully saturated rings. The number of benzene rings is 4. The van der Waals surface area contributed by atoms with E-state index in [4.69, 9.17) is 11.6 Å². The maximum Gasteiger partial charge on any atom is 0.267 e. The maximum atomic E-state index is 16.1. The van der Waals surface area contributed by atoms with Gasteiger partial charge in [0.25, 0.3) is 15.9 Å². The second-order valence-corrected chi connectivity index (χ2v) is 13.9. The Morgan fingerprint density at radius 3 is 2.35 bits per heavy atom. The molecule has 2 N–H and O–H groups in total. The van der Waals surface area contributed by atoms with Gasteiger partial charge < -0.3 is 5.32 Å². The van der Waals surface area contributed by atoms with E-state index in [0.29, 0.717) is 41.9 Å². The van der Waals surface area contributed by atoms with Gasteiger partial charge >= 0.3 is 0 Å². The molecule has 0 aliphatic carbocycles. The number of nitrogens with zero attached hydrogens (tertiary/aromatic N) is 3. The largest absolute Gasteiger partial charge is 0.326 e. The lowest BCUT2D eigenvalue weighted by atomic mass is 9.96. The van der Waals surface area contributed by atoms with Gasteiger partial charge in [0.2, 0.25) is 5.91 Å². The van der Waals surface area contributed by atoms with Crippen molar-refractivity contribution in [2.24, 2.45) is 0 Å². The van der Waals surface area contributed by atoms with Gasteiger partial charge in [-0.25, -0.2) is 26.6 Å². The van der Waals surface area contributed by atoms with E-state index in [-0.39, 0.29) is 44.6 Å². The smallest absolute Gasteiger partial charge is 0.267 e. The molecule has 1 aromatic heterocycles. The summed E-state index contributed by atoms with van der Waals surface area (Å²) in [6, 6.07) is 20.9. The fraction of sp³-hybridized carbons (Fsp3) is 0.211. The van der Waals surface area contributed by atoms with E-state index in [2.05, 4.69) is 16.5 Å². The van der Waals surface area contributed by atoms with Crippen molar-refractivity contribution in [1.82, 2.24) is 14.5 Å². The van der Waals surface area contributed by atoms with Gasteiger partial charge in [0.05, 0.1) is 26.9 Å². The van der Waals surface area contributed by atoms with Crippen molar-refractivity contribution >= 4 is 39.1 Å². The third kappa shape index (κ3) is 8.17. The van der Waals surface area contributed by atoms with Gasteiger partial charge in [-0.2, -0.15) is 10.4 Å². The minimum atomic E-state index is -4.53. The third-order valence-corrected chi connectivity index (χ3v) is 9.81. The summed E-state index contributed by atoms with van der Waals surface area (Å²) in [6.07, 6.45) is 2.56. The van der Waals surface area contributed by atoms with Crippen LogP contribution >= 0.6 is 11.6 Å². The normalized spacial score (nSPS) is 11.2. The molecule has 51 heavy (non-hydrogen) atoms. The fourth-order valence-electron chi connectivity index (χ4n) is 5.77. The number of rotatable bonds is 12. The van der Waals surface area contributed by atoms with E-state index >= 15 is 4.39 Å². The summed E-state index contributed by atoms with van der Waals surface area (Å²) in [6.45, 7) is 5.28. The van der Waals surface area contributed by atoms with Crippen molar-refractivity contribution in [3.05, 3.63) is 129 Å². The summed E-state index contributed by atoms with van der Waals surface area (Å²) in [5.74, 6) is -2.96. The van der Waals surface area contributed by atoms with Crippen LogP contribution in [0.3, 0.4) is 0 Å². The zero-order valence-corrected chi connectivity index (χ0v) is 29.6. The molecule has 0 atom stereocenters. The van der Waals surface area contributed by atoms with Crippen LogP contribution in [0.25, 0.3) is 16.8 Å². The van der Waals surface area contributed by atoms with Gasteiger partial charge in [-0.1, -0.05) is 68.6 Å². The molecule has 0 radical (unpaired) electrons. The average Bonchev–Trinajstić information content (AvgIpc) is 3.42. The Morgan fingerprint density at radius 1 is 0.941 bits per heavy atom. The molecule has 13 heteroatoms. The van der Waals surface area contributed by atoms with Gasteiger partial charge in [-0.3, -0.25) is 9.59 Å². The minimum absolute atomic E-state index is 0.00687. The van der Waals surface area contributed by atoms with Gasteiger partial charge in [-0.15, -0.1) is 0 Å². The lowest BCUT2D eigenvalue weighted by Crippen LogP contribution is -2.31. The van der Waals surface area contributed by atoms with Crippen molar-refractivity contribution in [2.45, 2.75) is 57.8 Å². The number of nitrogens with one attached hydrogen (secondary N) is 2. The Bertz CT molecular complexity index is 2300. The summed E-state index contributed by atoms with van der Waals surface area (Å²) in [5.41, 5.74) is 3.02. The number of hydrogen-bond acceptors (Lipinski definition) is 6. The summed E-state index contributed by atoms with van der Waals surface area (Å²) in [5, 5.41) is 17.9. The summed E-state index contributed by atoms with van der Waals surface area (Å²) < 4.78 is 60.8. The predicted octanol–water partition coefficient (Wildman–Crippen LogP) is 7.92. The number of anilines is 1. The van der Waals surface area contributed by atoms with E-state index in [1.807, 2.05) is 18.6 Å². The highest BCUT2D eigenvalue weighted by molar-refractivity contribution is 7.90. The van der Waals surface area contributed by atoms with Crippen LogP contribution in [-0.4, -0.2) is 30.0 Å². The number of hydrogen-bond donors (Lipinski definition) is 2. The van der Waals surface area contributed by atoms with Gasteiger partial charge in [-0.05, 0) is 78.1 Å². The molecule has 0 aliphatic heterocycles. The second kappa shape index (κ2) is 15.7. The minimum Gasteiger partial charge on any atom is -0.326 e. The van der Waals surface area contributed by atoms with E-state index in [1.165, 1.54) is 48.0 Å². The highest BCUT2D eigenvalue weighted by Crippen LogP contribution is 2.33. The zero-order chi connectivity index (χ0) is 36.9. The number of halogens is 3. The number of amides is 2. The highest BCUT2D eigenvalue weighted by atomic mass is 35.5. The van der Waals surface area contributed by atoms with Gasteiger partial charge in [0, 0.05) is 30.2 Å². The van der Waals surface area contributed by atoms with Crippen molar-refractivity contribution in [3.63, 3.8) is 0 Å². The number of sulfonamides is 1. The average molecular weight is 730 g/mol. The Kier molecular flexibility index (Phi) is 11.3. The van der Waals surface area contributed by atoms with Crippen LogP contribution < -0.4 is 10.0 Å².